The van der Waals surface area contributed by atoms with Crippen LogP contribution in [0.1, 0.15) is 33.6 Å². The first-order chi connectivity index (χ1) is 13.8. The lowest BCUT2D eigenvalue weighted by molar-refractivity contribution is -0.142. The Morgan fingerprint density at radius 3 is 1.87 bits per heavy atom. The molecule has 0 radical (unpaired) electrons. The van der Waals surface area contributed by atoms with Gasteiger partial charge in [-0.1, -0.05) is 13.8 Å². The summed E-state index contributed by atoms with van der Waals surface area (Å²) in [5.41, 5.74) is 10.5. The van der Waals surface area contributed by atoms with E-state index in [4.69, 9.17) is 11.5 Å². The molecule has 13 heteroatoms. The van der Waals surface area contributed by atoms with Crippen molar-refractivity contribution < 1.29 is 34.2 Å². The highest BCUT2D eigenvalue weighted by atomic mass is 32.1. The molecule has 5 atom stereocenters. The number of aliphatic hydroxyl groups is 1. The molecule has 0 aromatic carbocycles. The number of hydrogen-bond donors (Lipinski definition) is 8. The molecule has 0 fully saturated rings. The Morgan fingerprint density at radius 2 is 1.47 bits per heavy atom. The van der Waals surface area contributed by atoms with Gasteiger partial charge in [0.1, 0.15) is 18.1 Å². The van der Waals surface area contributed by atoms with Crippen molar-refractivity contribution in [1.82, 2.24) is 16.0 Å². The van der Waals surface area contributed by atoms with E-state index in [0.29, 0.717) is 0 Å². The molecule has 0 bridgehead atoms. The Balaban J connectivity index is 5.17. The van der Waals surface area contributed by atoms with Crippen LogP contribution in [-0.2, 0) is 24.0 Å². The quantitative estimate of drug-likeness (QED) is 0.136. The smallest absolute Gasteiger partial charge is 0.326 e. The minimum atomic E-state index is -1.49. The highest BCUT2D eigenvalue weighted by Gasteiger charge is 2.32. The topological polar surface area (TPSA) is 214 Å². The van der Waals surface area contributed by atoms with Gasteiger partial charge in [-0.15, -0.1) is 0 Å². The fraction of sp³-hybridized carbons (Fsp3) is 0.706. The van der Waals surface area contributed by atoms with Crippen molar-refractivity contribution in [1.29, 1.82) is 0 Å². The van der Waals surface area contributed by atoms with Gasteiger partial charge >= 0.3 is 5.97 Å². The van der Waals surface area contributed by atoms with E-state index in [1.165, 1.54) is 6.92 Å². The Labute approximate surface area is 179 Å². The maximum Gasteiger partial charge on any atom is 0.326 e. The molecule has 12 nitrogen and oxygen atoms in total. The molecule has 0 spiro atoms. The van der Waals surface area contributed by atoms with E-state index in [-0.39, 0.29) is 18.1 Å². The number of carbonyl (C=O) groups is 5. The third-order valence-electron chi connectivity index (χ3n) is 3.96. The number of primary amides is 1. The van der Waals surface area contributed by atoms with Gasteiger partial charge in [-0.05, 0) is 19.3 Å². The van der Waals surface area contributed by atoms with Crippen LogP contribution in [0.2, 0.25) is 0 Å². The van der Waals surface area contributed by atoms with E-state index in [1.807, 2.05) is 0 Å². The third-order valence-corrected chi connectivity index (χ3v) is 4.32. The maximum absolute atomic E-state index is 12.5. The van der Waals surface area contributed by atoms with Crippen LogP contribution in [0.4, 0.5) is 0 Å². The molecule has 0 aliphatic heterocycles. The molecule has 0 aromatic heterocycles. The van der Waals surface area contributed by atoms with Crippen molar-refractivity contribution in [3.63, 3.8) is 0 Å². The van der Waals surface area contributed by atoms with Crippen molar-refractivity contribution in [2.45, 2.75) is 63.9 Å². The van der Waals surface area contributed by atoms with Gasteiger partial charge in [0.2, 0.25) is 23.6 Å². The van der Waals surface area contributed by atoms with Gasteiger partial charge in [0, 0.05) is 5.75 Å². The van der Waals surface area contributed by atoms with Crippen LogP contribution in [0, 0.1) is 5.92 Å². The first-order valence-corrected chi connectivity index (χ1v) is 9.90. The summed E-state index contributed by atoms with van der Waals surface area (Å²) in [5.74, 6) is -4.83. The maximum atomic E-state index is 12.5. The van der Waals surface area contributed by atoms with Crippen LogP contribution in [0.5, 0.6) is 0 Å². The lowest BCUT2D eigenvalue weighted by Crippen LogP contribution is -2.60. The number of rotatable bonds is 13. The van der Waals surface area contributed by atoms with E-state index >= 15 is 0 Å². The average molecular weight is 450 g/mol. The summed E-state index contributed by atoms with van der Waals surface area (Å²) >= 11 is 3.99. The van der Waals surface area contributed by atoms with E-state index in [0.717, 1.165) is 0 Å². The second kappa shape index (κ2) is 13.0. The zero-order chi connectivity index (χ0) is 23.6. The minimum Gasteiger partial charge on any atom is -0.480 e. The number of nitrogens with two attached hydrogens (primary N) is 2. The third kappa shape index (κ3) is 9.89. The van der Waals surface area contributed by atoms with E-state index < -0.39 is 66.3 Å². The number of aliphatic hydroxyl groups excluding tert-OH is 1. The molecule has 0 saturated heterocycles. The highest BCUT2D eigenvalue weighted by molar-refractivity contribution is 7.80. The van der Waals surface area contributed by atoms with Gasteiger partial charge in [-0.3, -0.25) is 19.2 Å². The number of thiol groups is 1. The van der Waals surface area contributed by atoms with Crippen LogP contribution in [-0.4, -0.2) is 75.8 Å². The number of carboxylic acids is 1. The second-order valence-electron chi connectivity index (χ2n) is 7.28. The fourth-order valence-corrected chi connectivity index (χ4v) is 2.65. The molecule has 172 valence electrons. The Kier molecular flexibility index (Phi) is 12.0. The number of carboxylic acid groups (broad SMARTS) is 1. The van der Waals surface area contributed by atoms with Crippen molar-refractivity contribution in [2.75, 3.05) is 5.75 Å². The summed E-state index contributed by atoms with van der Waals surface area (Å²) in [5, 5.41) is 25.9. The van der Waals surface area contributed by atoms with Crippen molar-refractivity contribution in [2.24, 2.45) is 17.4 Å². The zero-order valence-electron chi connectivity index (χ0n) is 17.1. The van der Waals surface area contributed by atoms with Crippen LogP contribution in [0.3, 0.4) is 0 Å². The molecule has 4 amide bonds. The number of carbonyl (C=O) groups excluding carboxylic acids is 4. The second-order valence-corrected chi connectivity index (χ2v) is 7.64. The van der Waals surface area contributed by atoms with Crippen molar-refractivity contribution >= 4 is 42.2 Å². The number of amides is 4. The number of nitrogens with one attached hydrogen (secondary N) is 3. The minimum absolute atomic E-state index is 0.00474. The Bertz CT molecular complexity index is 644. The zero-order valence-corrected chi connectivity index (χ0v) is 18.0. The lowest BCUT2D eigenvalue weighted by atomic mass is 10.0. The SMILES string of the molecule is CC(C)CC(NC(=O)C(CS)NC(=O)C(NC(=O)C(N)CC(N)=O)C(C)O)C(=O)O. The van der Waals surface area contributed by atoms with Crippen LogP contribution >= 0.6 is 12.6 Å². The Morgan fingerprint density at radius 1 is 0.933 bits per heavy atom. The number of hydrogen-bond acceptors (Lipinski definition) is 8. The molecule has 0 heterocycles. The summed E-state index contributed by atoms with van der Waals surface area (Å²) in [6, 6.07) is -5.20. The first kappa shape index (κ1) is 27.6. The molecule has 0 rings (SSSR count). The fourth-order valence-electron chi connectivity index (χ4n) is 2.40. The normalized spacial score (nSPS) is 16.0. The largest absolute Gasteiger partial charge is 0.480 e. The predicted octanol–water partition coefficient (Wildman–Crippen LogP) is -2.92. The summed E-state index contributed by atoms with van der Waals surface area (Å²) in [6.45, 7) is 4.81. The molecule has 0 aliphatic rings. The van der Waals surface area contributed by atoms with Crippen molar-refractivity contribution in [3.05, 3.63) is 0 Å². The average Bonchev–Trinajstić information content (AvgIpc) is 2.61. The molecule has 5 unspecified atom stereocenters. The van der Waals surface area contributed by atoms with Gasteiger partial charge in [-0.2, -0.15) is 12.6 Å². The molecule has 0 aromatic rings. The summed E-state index contributed by atoms with van der Waals surface area (Å²) in [7, 11) is 0. The molecule has 30 heavy (non-hydrogen) atoms. The molecular weight excluding hydrogens is 418 g/mol. The van der Waals surface area contributed by atoms with Gasteiger partial charge in [0.15, 0.2) is 0 Å². The highest BCUT2D eigenvalue weighted by Crippen LogP contribution is 2.06. The van der Waals surface area contributed by atoms with Gasteiger partial charge < -0.3 is 37.6 Å². The molecular formula is C17H31N5O7S. The number of aliphatic carboxylic acids is 1. The standard InChI is InChI=1S/C17H31N5O7S/c1-7(2)4-10(17(28)29)20-15(26)11(6-30)21-16(27)13(8(3)23)22-14(25)9(18)5-12(19)24/h7-11,13,23,30H,4-6,18H2,1-3H3,(H2,19,24)(H,20,26)(H,21,27)(H,22,25)(H,28,29). The van der Waals surface area contributed by atoms with Gasteiger partial charge in [-0.25, -0.2) is 4.79 Å². The summed E-state index contributed by atoms with van der Waals surface area (Å²) < 4.78 is 0. The van der Waals surface area contributed by atoms with E-state index in [9.17, 15) is 34.2 Å². The molecule has 9 N–H and O–H groups in total. The molecule has 0 aliphatic carbocycles. The summed E-state index contributed by atoms with van der Waals surface area (Å²) in [6.07, 6.45) is -1.65. The van der Waals surface area contributed by atoms with Crippen LogP contribution in [0.25, 0.3) is 0 Å². The van der Waals surface area contributed by atoms with Crippen molar-refractivity contribution in [3.8, 4) is 0 Å². The van der Waals surface area contributed by atoms with E-state index in [2.05, 4.69) is 28.6 Å². The monoisotopic (exact) mass is 449 g/mol. The van der Waals surface area contributed by atoms with Gasteiger partial charge in [0.05, 0.1) is 18.6 Å². The van der Waals surface area contributed by atoms with Crippen LogP contribution < -0.4 is 27.4 Å². The van der Waals surface area contributed by atoms with E-state index in [1.54, 1.807) is 13.8 Å². The first-order valence-electron chi connectivity index (χ1n) is 9.26. The Hall–Kier alpha value is -2.38. The summed E-state index contributed by atoms with van der Waals surface area (Å²) in [4.78, 5) is 59.1. The van der Waals surface area contributed by atoms with Gasteiger partial charge in [0.25, 0.3) is 0 Å². The molecule has 0 saturated carbocycles. The predicted molar refractivity (Wildman–Crippen MR) is 110 cm³/mol. The van der Waals surface area contributed by atoms with Crippen LogP contribution in [0.15, 0.2) is 0 Å². The lowest BCUT2D eigenvalue weighted by Gasteiger charge is -2.26.